The zero-order valence-electron chi connectivity index (χ0n) is 19.0. The van der Waals surface area contributed by atoms with Crippen molar-refractivity contribution in [3.63, 3.8) is 0 Å². The zero-order chi connectivity index (χ0) is 23.5. The summed E-state index contributed by atoms with van der Waals surface area (Å²) in [5.41, 5.74) is 4.41. The van der Waals surface area contributed by atoms with Crippen LogP contribution in [0.25, 0.3) is 22.0 Å². The number of hydrogen-bond donors (Lipinski definition) is 3. The van der Waals surface area contributed by atoms with Crippen molar-refractivity contribution in [2.45, 2.75) is 13.3 Å². The van der Waals surface area contributed by atoms with Gasteiger partial charge in [-0.3, -0.25) is 19.5 Å². The lowest BCUT2D eigenvalue weighted by Gasteiger charge is -2.26. The lowest BCUT2D eigenvalue weighted by Crippen LogP contribution is -2.48. The standard InChI is InChI=1S/C26H26N6O2/c1-17-2-5-20(15-29-17)22-14-19-8-10-28-26(34)24(19)25(31-22)30-21-6-3-18(4-7-21)9-12-32-13-11-27-23(33)16-32/h2-8,10,14-15H,9,11-13,16H2,1H3,(H,27,33)(H,28,34)(H,30,31). The second kappa shape index (κ2) is 9.44. The third-order valence-corrected chi connectivity index (χ3v) is 6.01. The lowest BCUT2D eigenvalue weighted by atomic mass is 10.1. The van der Waals surface area contributed by atoms with Crippen molar-refractivity contribution < 1.29 is 4.79 Å². The average Bonchev–Trinajstić information content (AvgIpc) is 2.84. The number of aromatic amines is 1. The molecule has 0 unspecified atom stereocenters. The summed E-state index contributed by atoms with van der Waals surface area (Å²) in [5, 5.41) is 7.50. The Morgan fingerprint density at radius 1 is 1.09 bits per heavy atom. The van der Waals surface area contributed by atoms with E-state index in [1.807, 2.05) is 43.3 Å². The minimum Gasteiger partial charge on any atom is -0.354 e. The number of aromatic nitrogens is 3. The number of nitrogens with one attached hydrogen (secondary N) is 3. The molecular formula is C26H26N6O2. The molecule has 1 saturated heterocycles. The molecule has 0 bridgehead atoms. The predicted molar refractivity (Wildman–Crippen MR) is 133 cm³/mol. The van der Waals surface area contributed by atoms with Crippen LogP contribution in [0.3, 0.4) is 0 Å². The molecule has 1 fully saturated rings. The van der Waals surface area contributed by atoms with Gasteiger partial charge in [0, 0.05) is 49.0 Å². The molecule has 34 heavy (non-hydrogen) atoms. The van der Waals surface area contributed by atoms with Gasteiger partial charge < -0.3 is 15.6 Å². The Morgan fingerprint density at radius 2 is 1.94 bits per heavy atom. The third-order valence-electron chi connectivity index (χ3n) is 6.01. The van der Waals surface area contributed by atoms with Gasteiger partial charge in [-0.1, -0.05) is 12.1 Å². The van der Waals surface area contributed by atoms with E-state index in [2.05, 4.69) is 37.6 Å². The molecule has 4 heterocycles. The van der Waals surface area contributed by atoms with Gasteiger partial charge in [0.05, 0.1) is 17.6 Å². The van der Waals surface area contributed by atoms with Crippen molar-refractivity contribution in [1.82, 2.24) is 25.2 Å². The predicted octanol–water partition coefficient (Wildman–Crippen LogP) is 3.01. The van der Waals surface area contributed by atoms with E-state index >= 15 is 0 Å². The van der Waals surface area contributed by atoms with Crippen LogP contribution >= 0.6 is 0 Å². The van der Waals surface area contributed by atoms with Crippen LogP contribution in [-0.2, 0) is 11.2 Å². The fraction of sp³-hybridized carbons (Fsp3) is 0.231. The van der Waals surface area contributed by atoms with Crippen molar-refractivity contribution >= 4 is 28.2 Å². The summed E-state index contributed by atoms with van der Waals surface area (Å²) in [7, 11) is 0. The third kappa shape index (κ3) is 4.82. The molecule has 3 aromatic heterocycles. The zero-order valence-corrected chi connectivity index (χ0v) is 19.0. The number of aryl methyl sites for hydroxylation is 1. The van der Waals surface area contributed by atoms with E-state index in [9.17, 15) is 9.59 Å². The van der Waals surface area contributed by atoms with Gasteiger partial charge in [-0.05, 0) is 60.7 Å². The SMILES string of the molecule is Cc1ccc(-c2cc3cc[nH]c(=O)c3c(Nc3ccc(CCN4CCNC(=O)C4)cc3)n2)cn1. The quantitative estimate of drug-likeness (QED) is 0.414. The Hall–Kier alpha value is -4.04. The van der Waals surface area contributed by atoms with Crippen LogP contribution in [0.1, 0.15) is 11.3 Å². The number of H-pyrrole nitrogens is 1. The van der Waals surface area contributed by atoms with E-state index in [4.69, 9.17) is 4.98 Å². The molecule has 5 rings (SSSR count). The number of carbonyl (C=O) groups is 1. The Labute approximate surface area is 197 Å². The second-order valence-corrected chi connectivity index (χ2v) is 8.51. The highest BCUT2D eigenvalue weighted by Gasteiger charge is 2.15. The van der Waals surface area contributed by atoms with Gasteiger partial charge >= 0.3 is 0 Å². The molecule has 4 aromatic rings. The Balaban J connectivity index is 1.39. The van der Waals surface area contributed by atoms with Crippen molar-refractivity contribution in [1.29, 1.82) is 0 Å². The van der Waals surface area contributed by atoms with E-state index in [0.29, 0.717) is 24.3 Å². The van der Waals surface area contributed by atoms with Crippen LogP contribution in [-0.4, -0.2) is 51.9 Å². The summed E-state index contributed by atoms with van der Waals surface area (Å²) in [6.07, 6.45) is 4.30. The van der Waals surface area contributed by atoms with Gasteiger partial charge in [0.25, 0.3) is 5.56 Å². The van der Waals surface area contributed by atoms with Crippen molar-refractivity contribution in [2.24, 2.45) is 0 Å². The van der Waals surface area contributed by atoms with Crippen LogP contribution in [0.4, 0.5) is 11.5 Å². The number of piperazine rings is 1. The first-order chi connectivity index (χ1) is 16.5. The minimum atomic E-state index is -0.191. The minimum absolute atomic E-state index is 0.0872. The van der Waals surface area contributed by atoms with Crippen LogP contribution in [0, 0.1) is 6.92 Å². The smallest absolute Gasteiger partial charge is 0.259 e. The lowest BCUT2D eigenvalue weighted by molar-refractivity contribution is -0.124. The van der Waals surface area contributed by atoms with Crippen molar-refractivity contribution in [3.8, 4) is 11.3 Å². The molecule has 0 atom stereocenters. The normalized spacial score (nSPS) is 14.2. The van der Waals surface area contributed by atoms with Crippen LogP contribution < -0.4 is 16.2 Å². The second-order valence-electron chi connectivity index (χ2n) is 8.51. The van der Waals surface area contributed by atoms with Gasteiger partial charge in [0.15, 0.2) is 0 Å². The Kier molecular flexibility index (Phi) is 6.05. The first-order valence-electron chi connectivity index (χ1n) is 11.4. The molecule has 1 aromatic carbocycles. The number of anilines is 2. The molecule has 8 nitrogen and oxygen atoms in total. The number of carbonyl (C=O) groups excluding carboxylic acids is 1. The van der Waals surface area contributed by atoms with Crippen molar-refractivity contribution in [2.75, 3.05) is 31.5 Å². The van der Waals surface area contributed by atoms with Crippen LogP contribution in [0.5, 0.6) is 0 Å². The van der Waals surface area contributed by atoms with Gasteiger partial charge in [-0.2, -0.15) is 0 Å². The molecule has 1 aliphatic heterocycles. The maximum atomic E-state index is 12.6. The summed E-state index contributed by atoms with van der Waals surface area (Å²) < 4.78 is 0. The van der Waals surface area contributed by atoms with E-state index in [-0.39, 0.29) is 11.5 Å². The van der Waals surface area contributed by atoms with E-state index in [1.165, 1.54) is 5.56 Å². The maximum absolute atomic E-state index is 12.6. The topological polar surface area (TPSA) is 103 Å². The van der Waals surface area contributed by atoms with E-state index < -0.39 is 0 Å². The largest absolute Gasteiger partial charge is 0.354 e. The first kappa shape index (κ1) is 21.8. The van der Waals surface area contributed by atoms with E-state index in [0.717, 1.165) is 47.5 Å². The summed E-state index contributed by atoms with van der Waals surface area (Å²) in [4.78, 5) is 38.2. The number of hydrogen-bond acceptors (Lipinski definition) is 6. The van der Waals surface area contributed by atoms with E-state index in [1.54, 1.807) is 12.4 Å². The molecule has 1 aliphatic rings. The number of nitrogens with zero attached hydrogens (tertiary/aromatic N) is 3. The monoisotopic (exact) mass is 454 g/mol. The molecule has 0 spiro atoms. The van der Waals surface area contributed by atoms with Gasteiger partial charge in [0.2, 0.25) is 5.91 Å². The molecule has 172 valence electrons. The maximum Gasteiger partial charge on any atom is 0.259 e. The first-order valence-corrected chi connectivity index (χ1v) is 11.4. The molecule has 0 saturated carbocycles. The van der Waals surface area contributed by atoms with Gasteiger partial charge in [-0.15, -0.1) is 0 Å². The summed E-state index contributed by atoms with van der Waals surface area (Å²) in [5.74, 6) is 0.589. The summed E-state index contributed by atoms with van der Waals surface area (Å²) in [6.45, 7) is 4.83. The average molecular weight is 455 g/mol. The molecule has 3 N–H and O–H groups in total. The number of benzene rings is 1. The summed E-state index contributed by atoms with van der Waals surface area (Å²) in [6, 6.07) is 15.8. The Morgan fingerprint density at radius 3 is 2.71 bits per heavy atom. The molecule has 8 heteroatoms. The van der Waals surface area contributed by atoms with Crippen molar-refractivity contribution in [3.05, 3.63) is 82.5 Å². The number of fused-ring (bicyclic) bond motifs is 1. The number of rotatable bonds is 6. The molecular weight excluding hydrogens is 428 g/mol. The molecule has 0 aliphatic carbocycles. The highest BCUT2D eigenvalue weighted by molar-refractivity contribution is 5.95. The van der Waals surface area contributed by atoms with Gasteiger partial charge in [-0.25, -0.2) is 4.98 Å². The highest BCUT2D eigenvalue weighted by atomic mass is 16.2. The Bertz CT molecular complexity index is 1380. The molecule has 0 radical (unpaired) electrons. The highest BCUT2D eigenvalue weighted by Crippen LogP contribution is 2.27. The fourth-order valence-electron chi connectivity index (χ4n) is 4.13. The number of pyridine rings is 3. The fourth-order valence-corrected chi connectivity index (χ4v) is 4.13. The summed E-state index contributed by atoms with van der Waals surface area (Å²) >= 11 is 0. The van der Waals surface area contributed by atoms with Crippen LogP contribution in [0.2, 0.25) is 0 Å². The molecule has 1 amide bonds. The van der Waals surface area contributed by atoms with Gasteiger partial charge in [0.1, 0.15) is 5.82 Å². The van der Waals surface area contributed by atoms with Crippen LogP contribution in [0.15, 0.2) is 65.7 Å². The number of amides is 1.